The number of aryl methyl sites for hydroxylation is 1. The molecular weight excluding hydrogens is 282 g/mol. The number of aromatic amines is 1. The van der Waals surface area contributed by atoms with E-state index in [9.17, 15) is 14.4 Å². The third kappa shape index (κ3) is 2.70. The van der Waals surface area contributed by atoms with E-state index < -0.39 is 11.9 Å². The summed E-state index contributed by atoms with van der Waals surface area (Å²) < 4.78 is 5.23. The summed E-state index contributed by atoms with van der Waals surface area (Å²) in [6.07, 6.45) is 1.73. The van der Waals surface area contributed by atoms with Gasteiger partial charge in [0.05, 0.1) is 5.92 Å². The molecule has 1 aromatic heterocycles. The minimum atomic E-state index is -0.600. The summed E-state index contributed by atoms with van der Waals surface area (Å²) in [6, 6.07) is 10.8. The Morgan fingerprint density at radius 1 is 1.32 bits per heavy atom. The average Bonchev–Trinajstić information content (AvgIpc) is 2.99. The second-order valence-electron chi connectivity index (χ2n) is 5.28. The Morgan fingerprint density at radius 2 is 2.09 bits per heavy atom. The van der Waals surface area contributed by atoms with Crippen LogP contribution < -0.4 is 0 Å². The Morgan fingerprint density at radius 3 is 2.82 bits per heavy atom. The molecule has 0 bridgehead atoms. The zero-order chi connectivity index (χ0) is 15.5. The number of hydrogen-bond acceptors (Lipinski definition) is 4. The maximum Gasteiger partial charge on any atom is 0.355 e. The molecule has 2 aromatic rings. The second-order valence-corrected chi connectivity index (χ2v) is 5.28. The zero-order valence-corrected chi connectivity index (χ0v) is 11.9. The Labute approximate surface area is 127 Å². The Bertz CT molecular complexity index is 718. The number of nitrogens with one attached hydrogen (secondary N) is 1. The summed E-state index contributed by atoms with van der Waals surface area (Å²) in [5.41, 5.74) is 2.27. The third-order valence-electron chi connectivity index (χ3n) is 3.80. The molecule has 1 heterocycles. The van der Waals surface area contributed by atoms with E-state index in [1.807, 2.05) is 30.3 Å². The summed E-state index contributed by atoms with van der Waals surface area (Å²) in [7, 11) is 0. The van der Waals surface area contributed by atoms with Crippen LogP contribution in [0, 0.1) is 5.92 Å². The van der Waals surface area contributed by atoms with Crippen LogP contribution in [-0.4, -0.2) is 23.0 Å². The highest BCUT2D eigenvalue weighted by Gasteiger charge is 2.30. The smallest absolute Gasteiger partial charge is 0.355 e. The van der Waals surface area contributed by atoms with Gasteiger partial charge >= 0.3 is 5.97 Å². The van der Waals surface area contributed by atoms with Gasteiger partial charge in [-0.25, -0.2) is 4.79 Å². The number of esters is 1. The van der Waals surface area contributed by atoms with Gasteiger partial charge in [0.25, 0.3) is 0 Å². The van der Waals surface area contributed by atoms with Crippen molar-refractivity contribution in [2.45, 2.75) is 19.4 Å². The lowest BCUT2D eigenvalue weighted by Gasteiger charge is -2.14. The fourth-order valence-electron chi connectivity index (χ4n) is 2.59. The number of aldehydes is 1. The molecule has 1 N–H and O–H groups in total. The highest BCUT2D eigenvalue weighted by atomic mass is 16.5. The number of aromatic nitrogens is 1. The Balaban J connectivity index is 1.72. The molecule has 1 unspecified atom stereocenters. The molecule has 1 aliphatic rings. The average molecular weight is 297 g/mol. The number of ketones is 1. The van der Waals surface area contributed by atoms with Gasteiger partial charge in [0.1, 0.15) is 18.6 Å². The molecule has 0 amide bonds. The van der Waals surface area contributed by atoms with Crippen molar-refractivity contribution in [3.8, 4) is 0 Å². The molecule has 5 nitrogen and oxygen atoms in total. The number of carbonyl (C=O) groups is 3. The lowest BCUT2D eigenvalue weighted by atomic mass is 9.87. The number of fused-ring (bicyclic) bond motifs is 1. The van der Waals surface area contributed by atoms with E-state index in [0.29, 0.717) is 30.4 Å². The van der Waals surface area contributed by atoms with Gasteiger partial charge in [0.15, 0.2) is 5.78 Å². The van der Waals surface area contributed by atoms with Gasteiger partial charge < -0.3 is 14.5 Å². The van der Waals surface area contributed by atoms with Crippen LogP contribution in [0.4, 0.5) is 0 Å². The Kier molecular flexibility index (Phi) is 3.87. The highest BCUT2D eigenvalue weighted by Crippen LogP contribution is 2.25. The van der Waals surface area contributed by atoms with Gasteiger partial charge in [0.2, 0.25) is 0 Å². The molecule has 0 aliphatic heterocycles. The number of carbonyl (C=O) groups excluding carboxylic acids is 3. The van der Waals surface area contributed by atoms with Crippen molar-refractivity contribution >= 4 is 18.0 Å². The quantitative estimate of drug-likeness (QED) is 0.534. The maximum absolute atomic E-state index is 12.1. The molecule has 0 saturated carbocycles. The number of H-pyrrole nitrogens is 1. The van der Waals surface area contributed by atoms with Crippen LogP contribution >= 0.6 is 0 Å². The third-order valence-corrected chi connectivity index (χ3v) is 3.80. The zero-order valence-electron chi connectivity index (χ0n) is 11.9. The number of ether oxygens (including phenoxy) is 1. The summed E-state index contributed by atoms with van der Waals surface area (Å²) in [5, 5.41) is 0. The molecule has 0 saturated heterocycles. The van der Waals surface area contributed by atoms with Gasteiger partial charge in [-0.05, 0) is 24.5 Å². The van der Waals surface area contributed by atoms with Crippen LogP contribution in [0.3, 0.4) is 0 Å². The van der Waals surface area contributed by atoms with Crippen LogP contribution in [0.5, 0.6) is 0 Å². The van der Waals surface area contributed by atoms with E-state index in [1.54, 1.807) is 0 Å². The van der Waals surface area contributed by atoms with Gasteiger partial charge in [0, 0.05) is 11.3 Å². The van der Waals surface area contributed by atoms with Crippen molar-refractivity contribution in [2.75, 3.05) is 0 Å². The van der Waals surface area contributed by atoms with Crippen molar-refractivity contribution in [3.63, 3.8) is 0 Å². The molecule has 1 aliphatic carbocycles. The summed E-state index contributed by atoms with van der Waals surface area (Å²) in [6.45, 7) is 0.175. The predicted octanol–water partition coefficient (Wildman–Crippen LogP) is 2.32. The topological polar surface area (TPSA) is 76.2 Å². The SMILES string of the molecule is O=CC1CCc2[nH]c(C(=O)OCc3ccccc3)cc2C1=O. The van der Waals surface area contributed by atoms with Crippen LogP contribution in [0.1, 0.15) is 38.5 Å². The van der Waals surface area contributed by atoms with Crippen molar-refractivity contribution in [3.05, 3.63) is 58.9 Å². The fourth-order valence-corrected chi connectivity index (χ4v) is 2.59. The number of benzene rings is 1. The lowest BCUT2D eigenvalue weighted by molar-refractivity contribution is -0.110. The van der Waals surface area contributed by atoms with Gasteiger partial charge in [-0.3, -0.25) is 4.79 Å². The molecule has 3 rings (SSSR count). The first-order valence-electron chi connectivity index (χ1n) is 7.11. The second kappa shape index (κ2) is 5.97. The van der Waals surface area contributed by atoms with E-state index in [-0.39, 0.29) is 18.1 Å². The largest absolute Gasteiger partial charge is 0.456 e. The van der Waals surface area contributed by atoms with Crippen molar-refractivity contribution in [1.82, 2.24) is 4.98 Å². The van der Waals surface area contributed by atoms with Crippen molar-refractivity contribution in [2.24, 2.45) is 5.92 Å². The van der Waals surface area contributed by atoms with E-state index in [4.69, 9.17) is 4.74 Å². The number of Topliss-reactive ketones (excluding diaryl/α,β-unsaturated/α-hetero) is 1. The highest BCUT2D eigenvalue weighted by molar-refractivity contribution is 6.08. The van der Waals surface area contributed by atoms with Gasteiger partial charge in [-0.2, -0.15) is 0 Å². The monoisotopic (exact) mass is 297 g/mol. The van der Waals surface area contributed by atoms with Crippen molar-refractivity contribution in [1.29, 1.82) is 0 Å². The summed E-state index contributed by atoms with van der Waals surface area (Å²) in [5.74, 6) is -1.33. The number of rotatable bonds is 4. The lowest BCUT2D eigenvalue weighted by Crippen LogP contribution is -2.22. The molecule has 0 spiro atoms. The molecule has 0 fully saturated rings. The van der Waals surface area contributed by atoms with Crippen LogP contribution in [0.2, 0.25) is 0 Å². The molecular formula is C17H15NO4. The Hall–Kier alpha value is -2.69. The first-order chi connectivity index (χ1) is 10.7. The number of hydrogen-bond donors (Lipinski definition) is 1. The molecule has 1 aromatic carbocycles. The molecule has 0 radical (unpaired) electrons. The molecule has 5 heteroatoms. The first kappa shape index (κ1) is 14.3. The standard InChI is InChI=1S/C17H15NO4/c19-9-12-6-7-14-13(16(12)20)8-15(18-14)17(21)22-10-11-4-2-1-3-5-11/h1-5,8-9,12,18H,6-7,10H2. The molecule has 112 valence electrons. The summed E-state index contributed by atoms with van der Waals surface area (Å²) >= 11 is 0. The van der Waals surface area contributed by atoms with E-state index in [0.717, 1.165) is 5.56 Å². The van der Waals surface area contributed by atoms with E-state index in [2.05, 4.69) is 4.98 Å². The van der Waals surface area contributed by atoms with Crippen LogP contribution in [-0.2, 0) is 22.6 Å². The normalized spacial score (nSPS) is 16.9. The molecule has 1 atom stereocenters. The van der Waals surface area contributed by atoms with Crippen LogP contribution in [0.25, 0.3) is 0 Å². The van der Waals surface area contributed by atoms with Crippen molar-refractivity contribution < 1.29 is 19.1 Å². The first-order valence-corrected chi connectivity index (χ1v) is 7.11. The summed E-state index contributed by atoms with van der Waals surface area (Å²) in [4.78, 5) is 37.9. The van der Waals surface area contributed by atoms with Gasteiger partial charge in [-0.1, -0.05) is 30.3 Å². The molecule has 22 heavy (non-hydrogen) atoms. The van der Waals surface area contributed by atoms with Crippen LogP contribution in [0.15, 0.2) is 36.4 Å². The fraction of sp³-hybridized carbons (Fsp3) is 0.235. The maximum atomic E-state index is 12.1. The predicted molar refractivity (Wildman–Crippen MR) is 78.6 cm³/mol. The minimum Gasteiger partial charge on any atom is -0.456 e. The minimum absolute atomic E-state index is 0.175. The van der Waals surface area contributed by atoms with Gasteiger partial charge in [-0.15, -0.1) is 0 Å². The van der Waals surface area contributed by atoms with E-state index in [1.165, 1.54) is 6.07 Å². The van der Waals surface area contributed by atoms with E-state index >= 15 is 0 Å².